The van der Waals surface area contributed by atoms with E-state index in [1.807, 2.05) is 56.6 Å². The van der Waals surface area contributed by atoms with Gasteiger partial charge in [-0.15, -0.1) is 5.69 Å². The zero-order valence-electron chi connectivity index (χ0n) is 10.6. The summed E-state index contributed by atoms with van der Waals surface area (Å²) in [5, 5.41) is 4.07. The van der Waals surface area contributed by atoms with Gasteiger partial charge in [0.25, 0.3) is 0 Å². The minimum absolute atomic E-state index is 0.860. The van der Waals surface area contributed by atoms with E-state index in [4.69, 9.17) is 0 Å². The van der Waals surface area contributed by atoms with Crippen LogP contribution in [0.2, 0.25) is 0 Å². The first-order chi connectivity index (χ1) is 8.75. The van der Waals surface area contributed by atoms with Gasteiger partial charge in [-0.1, -0.05) is 42.5 Å². The second-order valence-corrected chi connectivity index (χ2v) is 4.17. The molecular weight excluding hydrogens is 222 g/mol. The zero-order chi connectivity index (χ0) is 12.8. The van der Waals surface area contributed by atoms with Crippen molar-refractivity contribution in [2.24, 2.45) is 5.10 Å². The van der Waals surface area contributed by atoms with Crippen LogP contribution in [0.5, 0.6) is 0 Å². The summed E-state index contributed by atoms with van der Waals surface area (Å²) in [5.74, 6) is 0. The van der Waals surface area contributed by atoms with Crippen LogP contribution in [0.4, 0.5) is 11.4 Å². The van der Waals surface area contributed by atoms with Crippen molar-refractivity contribution in [2.75, 3.05) is 19.0 Å². The molecular formula is C15H16N3-. The molecule has 2 aromatic rings. The summed E-state index contributed by atoms with van der Waals surface area (Å²) >= 11 is 0. The van der Waals surface area contributed by atoms with Crippen molar-refractivity contribution in [3.05, 3.63) is 65.6 Å². The van der Waals surface area contributed by atoms with E-state index in [1.165, 1.54) is 5.69 Å². The molecule has 0 saturated heterocycles. The fourth-order valence-electron chi connectivity index (χ4n) is 1.52. The van der Waals surface area contributed by atoms with Gasteiger partial charge < -0.3 is 15.4 Å². The Kier molecular flexibility index (Phi) is 3.97. The Balaban J connectivity index is 1.97. The molecule has 0 N–H and O–H groups in total. The molecule has 2 aromatic carbocycles. The first kappa shape index (κ1) is 12.2. The standard InChI is InChI=1S/C15H16N3/c1-18(2)15-10-8-13(9-11-15)12-16-17-14-6-4-3-5-7-14/h3-12H,1-2H3/q-1/b16-12+. The van der Waals surface area contributed by atoms with Crippen LogP contribution in [0.3, 0.4) is 0 Å². The molecule has 0 spiro atoms. The number of rotatable bonds is 4. The molecule has 0 saturated carbocycles. The first-order valence-corrected chi connectivity index (χ1v) is 5.82. The molecule has 2 rings (SSSR count). The normalized spacial score (nSPS) is 10.6. The van der Waals surface area contributed by atoms with Crippen LogP contribution < -0.4 is 4.90 Å². The third-order valence-corrected chi connectivity index (χ3v) is 2.55. The van der Waals surface area contributed by atoms with Gasteiger partial charge in [-0.2, -0.15) is 0 Å². The molecule has 0 aliphatic carbocycles. The highest BCUT2D eigenvalue weighted by Crippen LogP contribution is 2.17. The second kappa shape index (κ2) is 5.87. The van der Waals surface area contributed by atoms with Crippen molar-refractivity contribution in [1.29, 1.82) is 0 Å². The van der Waals surface area contributed by atoms with Gasteiger partial charge in [0.15, 0.2) is 0 Å². The molecule has 0 aliphatic rings. The molecule has 0 heterocycles. The molecule has 3 heteroatoms. The maximum Gasteiger partial charge on any atom is 0.0361 e. The Labute approximate surface area is 108 Å². The van der Waals surface area contributed by atoms with Crippen LogP contribution in [0.15, 0.2) is 59.7 Å². The lowest BCUT2D eigenvalue weighted by Gasteiger charge is -2.15. The van der Waals surface area contributed by atoms with Crippen LogP contribution >= 0.6 is 0 Å². The Morgan fingerprint density at radius 1 is 0.944 bits per heavy atom. The number of benzene rings is 2. The summed E-state index contributed by atoms with van der Waals surface area (Å²) in [7, 11) is 4.04. The van der Waals surface area contributed by atoms with Gasteiger partial charge in [-0.05, 0) is 17.7 Å². The minimum atomic E-state index is 0.860. The van der Waals surface area contributed by atoms with E-state index in [9.17, 15) is 0 Å². The Morgan fingerprint density at radius 3 is 2.22 bits per heavy atom. The van der Waals surface area contributed by atoms with E-state index < -0.39 is 0 Å². The third kappa shape index (κ3) is 3.35. The summed E-state index contributed by atoms with van der Waals surface area (Å²) in [6.45, 7) is 0. The first-order valence-electron chi connectivity index (χ1n) is 5.82. The van der Waals surface area contributed by atoms with E-state index >= 15 is 0 Å². The maximum atomic E-state index is 4.12. The van der Waals surface area contributed by atoms with Gasteiger partial charge in [0, 0.05) is 26.0 Å². The van der Waals surface area contributed by atoms with Gasteiger partial charge in [0.1, 0.15) is 0 Å². The largest absolute Gasteiger partial charge is 0.576 e. The van der Waals surface area contributed by atoms with Gasteiger partial charge in [-0.25, -0.2) is 0 Å². The van der Waals surface area contributed by atoms with Gasteiger partial charge >= 0.3 is 0 Å². The molecule has 0 aromatic heterocycles. The van der Waals surface area contributed by atoms with Crippen molar-refractivity contribution >= 4 is 17.6 Å². The van der Waals surface area contributed by atoms with Crippen LogP contribution in [0.25, 0.3) is 5.43 Å². The molecule has 0 atom stereocenters. The lowest BCUT2D eigenvalue weighted by Crippen LogP contribution is -2.08. The number of hydrogen-bond acceptors (Lipinski definition) is 2. The predicted molar refractivity (Wildman–Crippen MR) is 77.8 cm³/mol. The highest BCUT2D eigenvalue weighted by molar-refractivity contribution is 5.81. The van der Waals surface area contributed by atoms with E-state index in [2.05, 4.69) is 27.6 Å². The monoisotopic (exact) mass is 238 g/mol. The van der Waals surface area contributed by atoms with E-state index in [0.717, 1.165) is 11.3 Å². The highest BCUT2D eigenvalue weighted by Gasteiger charge is 1.92. The molecule has 3 nitrogen and oxygen atoms in total. The smallest absolute Gasteiger partial charge is 0.0361 e. The van der Waals surface area contributed by atoms with Crippen LogP contribution in [-0.4, -0.2) is 20.3 Å². The van der Waals surface area contributed by atoms with Crippen molar-refractivity contribution in [2.45, 2.75) is 0 Å². The molecule has 18 heavy (non-hydrogen) atoms. The van der Waals surface area contributed by atoms with Gasteiger partial charge in [0.05, 0.1) is 0 Å². The van der Waals surface area contributed by atoms with E-state index in [0.29, 0.717) is 0 Å². The Bertz CT molecular complexity index is 501. The topological polar surface area (TPSA) is 29.7 Å². The zero-order valence-corrected chi connectivity index (χ0v) is 10.6. The molecule has 0 radical (unpaired) electrons. The van der Waals surface area contributed by atoms with Crippen molar-refractivity contribution in [3.8, 4) is 0 Å². The molecule has 0 fully saturated rings. The minimum Gasteiger partial charge on any atom is -0.576 e. The van der Waals surface area contributed by atoms with Crippen molar-refractivity contribution in [3.63, 3.8) is 0 Å². The van der Waals surface area contributed by atoms with Gasteiger partial charge in [-0.3, -0.25) is 0 Å². The number of anilines is 1. The Hall–Kier alpha value is -2.29. The lowest BCUT2D eigenvalue weighted by molar-refractivity contribution is 1.13. The summed E-state index contributed by atoms with van der Waals surface area (Å²) in [6, 6.07) is 17.9. The number of hydrogen-bond donors (Lipinski definition) is 0. The molecule has 0 unspecified atom stereocenters. The average molecular weight is 238 g/mol. The highest BCUT2D eigenvalue weighted by atomic mass is 15.3. The molecule has 0 bridgehead atoms. The number of nitrogens with zero attached hydrogens (tertiary/aromatic N) is 3. The fourth-order valence-corrected chi connectivity index (χ4v) is 1.52. The second-order valence-electron chi connectivity index (χ2n) is 4.17. The summed E-state index contributed by atoms with van der Waals surface area (Å²) < 4.78 is 0. The molecule has 0 aliphatic heterocycles. The summed E-state index contributed by atoms with van der Waals surface area (Å²) in [4.78, 5) is 2.06. The maximum absolute atomic E-state index is 4.12. The van der Waals surface area contributed by atoms with Crippen molar-refractivity contribution in [1.82, 2.24) is 0 Å². The SMILES string of the molecule is CN(C)c1ccc(/C=N/[N-]c2ccccc2)cc1. The lowest BCUT2D eigenvalue weighted by atomic mass is 10.2. The van der Waals surface area contributed by atoms with E-state index in [1.54, 1.807) is 6.21 Å². The average Bonchev–Trinajstić information content (AvgIpc) is 2.40. The molecule has 0 amide bonds. The third-order valence-electron chi connectivity index (χ3n) is 2.55. The van der Waals surface area contributed by atoms with Gasteiger partial charge in [0.2, 0.25) is 0 Å². The van der Waals surface area contributed by atoms with Crippen molar-refractivity contribution < 1.29 is 0 Å². The van der Waals surface area contributed by atoms with Crippen LogP contribution in [0.1, 0.15) is 5.56 Å². The summed E-state index contributed by atoms with van der Waals surface area (Å²) in [6.07, 6.45) is 1.76. The Morgan fingerprint density at radius 2 is 1.61 bits per heavy atom. The van der Waals surface area contributed by atoms with Crippen LogP contribution in [-0.2, 0) is 0 Å². The fraction of sp³-hybridized carbons (Fsp3) is 0.133. The molecule has 92 valence electrons. The van der Waals surface area contributed by atoms with E-state index in [-0.39, 0.29) is 0 Å². The quantitative estimate of drug-likeness (QED) is 0.588. The van der Waals surface area contributed by atoms with Crippen LogP contribution in [0, 0.1) is 0 Å². The summed E-state index contributed by atoms with van der Waals surface area (Å²) in [5.41, 5.74) is 7.19. The predicted octanol–water partition coefficient (Wildman–Crippen LogP) is 3.79.